The van der Waals surface area contributed by atoms with E-state index in [-0.39, 0.29) is 18.6 Å². The number of pyridine rings is 1. The van der Waals surface area contributed by atoms with Crippen molar-refractivity contribution in [2.24, 2.45) is 0 Å². The van der Waals surface area contributed by atoms with Gasteiger partial charge in [0, 0.05) is 24.0 Å². The van der Waals surface area contributed by atoms with Crippen LogP contribution < -0.4 is 16.8 Å². The maximum atomic E-state index is 12.2. The monoisotopic (exact) mass is 293 g/mol. The normalized spacial score (nSPS) is 12.3. The van der Waals surface area contributed by atoms with Crippen molar-refractivity contribution in [2.75, 3.05) is 6.61 Å². The van der Waals surface area contributed by atoms with Crippen LogP contribution in [0, 0.1) is 0 Å². The lowest BCUT2D eigenvalue weighted by Gasteiger charge is -2.11. The van der Waals surface area contributed by atoms with Gasteiger partial charge in [-0.15, -0.1) is 0 Å². The lowest BCUT2D eigenvalue weighted by Crippen LogP contribution is -2.33. The van der Waals surface area contributed by atoms with Gasteiger partial charge < -0.3 is 14.8 Å². The van der Waals surface area contributed by atoms with Gasteiger partial charge in [0.25, 0.3) is 11.1 Å². The van der Waals surface area contributed by atoms with Gasteiger partial charge in [-0.25, -0.2) is 4.79 Å². The van der Waals surface area contributed by atoms with Crippen molar-refractivity contribution < 1.29 is 10.2 Å². The van der Waals surface area contributed by atoms with Gasteiger partial charge in [-0.3, -0.25) is 19.1 Å². The average molecular weight is 293 g/mol. The molecule has 2 aromatic rings. The van der Waals surface area contributed by atoms with E-state index < -0.39 is 24.0 Å². The maximum absolute atomic E-state index is 12.2. The Morgan fingerprint density at radius 3 is 2.57 bits per heavy atom. The molecule has 0 bridgehead atoms. The molecule has 0 amide bonds. The van der Waals surface area contributed by atoms with Crippen LogP contribution in [0.15, 0.2) is 45.0 Å². The van der Waals surface area contributed by atoms with Crippen LogP contribution in [0.25, 0.3) is 0 Å². The van der Waals surface area contributed by atoms with Gasteiger partial charge in [0.15, 0.2) is 0 Å². The first kappa shape index (κ1) is 14.9. The first-order chi connectivity index (χ1) is 10.0. The lowest BCUT2D eigenvalue weighted by atomic mass is 10.2. The predicted molar refractivity (Wildman–Crippen MR) is 74.2 cm³/mol. The highest BCUT2D eigenvalue weighted by Crippen LogP contribution is 1.96. The van der Waals surface area contributed by atoms with Gasteiger partial charge in [0.2, 0.25) is 0 Å². The number of H-pyrrole nitrogens is 1. The summed E-state index contributed by atoms with van der Waals surface area (Å²) in [7, 11) is 0. The van der Waals surface area contributed by atoms with Crippen LogP contribution in [0.4, 0.5) is 0 Å². The van der Waals surface area contributed by atoms with Crippen molar-refractivity contribution in [1.29, 1.82) is 0 Å². The summed E-state index contributed by atoms with van der Waals surface area (Å²) in [6.45, 7) is -0.482. The number of nitrogens with one attached hydrogen (secondary N) is 1. The fourth-order valence-electron chi connectivity index (χ4n) is 1.89. The van der Waals surface area contributed by atoms with Crippen molar-refractivity contribution in [1.82, 2.24) is 14.1 Å². The van der Waals surface area contributed by atoms with Gasteiger partial charge in [0.05, 0.1) is 25.8 Å². The smallest absolute Gasteiger partial charge is 0.328 e. The highest BCUT2D eigenvalue weighted by Gasteiger charge is 2.08. The fourth-order valence-corrected chi connectivity index (χ4v) is 1.89. The number of nitrogens with zero attached hydrogens (tertiary/aromatic N) is 2. The van der Waals surface area contributed by atoms with Gasteiger partial charge in [-0.05, 0) is 6.07 Å². The zero-order valence-corrected chi connectivity index (χ0v) is 11.1. The molecule has 0 aliphatic heterocycles. The number of aliphatic hydroxyl groups excluding tert-OH is 2. The molecule has 0 radical (unpaired) electrons. The van der Waals surface area contributed by atoms with E-state index >= 15 is 0 Å². The molecule has 0 saturated heterocycles. The van der Waals surface area contributed by atoms with E-state index in [1.54, 1.807) is 12.1 Å². The Bertz CT molecular complexity index is 789. The molecule has 112 valence electrons. The minimum atomic E-state index is -1.03. The Hall–Kier alpha value is -2.45. The lowest BCUT2D eigenvalue weighted by molar-refractivity contribution is 0.0803. The van der Waals surface area contributed by atoms with Crippen molar-refractivity contribution in [3.05, 3.63) is 67.3 Å². The summed E-state index contributed by atoms with van der Waals surface area (Å²) in [4.78, 5) is 36.9. The summed E-state index contributed by atoms with van der Waals surface area (Å²) < 4.78 is 2.46. The third kappa shape index (κ3) is 3.56. The molecule has 8 nitrogen and oxygen atoms in total. The Morgan fingerprint density at radius 1 is 1.14 bits per heavy atom. The van der Waals surface area contributed by atoms with Crippen LogP contribution >= 0.6 is 0 Å². The molecule has 0 fully saturated rings. The van der Waals surface area contributed by atoms with Crippen LogP contribution in [0.2, 0.25) is 0 Å². The van der Waals surface area contributed by atoms with Crippen LogP contribution in [0.3, 0.4) is 0 Å². The molecule has 21 heavy (non-hydrogen) atoms. The van der Waals surface area contributed by atoms with Crippen LogP contribution in [-0.2, 0) is 13.1 Å². The zero-order chi connectivity index (χ0) is 15.4. The molecular weight excluding hydrogens is 278 g/mol. The Morgan fingerprint density at radius 2 is 1.90 bits per heavy atom. The quantitative estimate of drug-likeness (QED) is 0.595. The highest BCUT2D eigenvalue weighted by atomic mass is 16.3. The largest absolute Gasteiger partial charge is 0.394 e. The first-order valence-corrected chi connectivity index (χ1v) is 6.28. The van der Waals surface area contributed by atoms with Crippen molar-refractivity contribution in [3.63, 3.8) is 0 Å². The van der Waals surface area contributed by atoms with E-state index in [9.17, 15) is 19.5 Å². The van der Waals surface area contributed by atoms with Gasteiger partial charge in [0.1, 0.15) is 0 Å². The van der Waals surface area contributed by atoms with Crippen LogP contribution in [-0.4, -0.2) is 37.0 Å². The predicted octanol–water partition coefficient (Wildman–Crippen LogP) is -1.90. The summed E-state index contributed by atoms with van der Waals surface area (Å²) in [5.74, 6) is 0. The van der Waals surface area contributed by atoms with Crippen LogP contribution in [0.1, 0.15) is 5.56 Å². The number of aromatic nitrogens is 3. The second-order valence-electron chi connectivity index (χ2n) is 4.57. The molecule has 0 spiro atoms. The fraction of sp³-hybridized carbons (Fsp3) is 0.308. The SMILES string of the molecule is O=c1ccn(Cc2cccn(CC(O)CO)c2=O)c(=O)[nH]1. The Kier molecular flexibility index (Phi) is 4.51. The second-order valence-corrected chi connectivity index (χ2v) is 4.57. The Labute approximate surface area is 118 Å². The summed E-state index contributed by atoms with van der Waals surface area (Å²) in [6.07, 6.45) is 1.76. The van der Waals surface area contributed by atoms with E-state index in [1.807, 2.05) is 0 Å². The van der Waals surface area contributed by atoms with Crippen molar-refractivity contribution in [2.45, 2.75) is 19.2 Å². The third-order valence-corrected chi connectivity index (χ3v) is 2.95. The number of aromatic amines is 1. The summed E-state index contributed by atoms with van der Waals surface area (Å²) in [6, 6.07) is 4.36. The molecule has 0 saturated carbocycles. The number of hydrogen-bond donors (Lipinski definition) is 3. The van der Waals surface area contributed by atoms with Crippen LogP contribution in [0.5, 0.6) is 0 Å². The van der Waals surface area contributed by atoms with E-state index in [0.717, 1.165) is 0 Å². The van der Waals surface area contributed by atoms with Gasteiger partial charge >= 0.3 is 5.69 Å². The molecular formula is C13H15N3O5. The molecule has 0 aliphatic carbocycles. The van der Waals surface area contributed by atoms with E-state index in [4.69, 9.17) is 5.11 Å². The van der Waals surface area contributed by atoms with E-state index in [1.165, 1.54) is 27.6 Å². The molecule has 0 aromatic carbocycles. The summed E-state index contributed by atoms with van der Waals surface area (Å²) >= 11 is 0. The topological polar surface area (TPSA) is 117 Å². The molecule has 0 aliphatic rings. The number of hydrogen-bond acceptors (Lipinski definition) is 5. The summed E-state index contributed by atoms with van der Waals surface area (Å²) in [5.41, 5.74) is -1.15. The van der Waals surface area contributed by atoms with E-state index in [2.05, 4.69) is 4.98 Å². The highest BCUT2D eigenvalue weighted by molar-refractivity contribution is 5.11. The Balaban J connectivity index is 2.33. The minimum absolute atomic E-state index is 0.00447. The second kappa shape index (κ2) is 6.33. The molecule has 1 atom stereocenters. The average Bonchev–Trinajstić information content (AvgIpc) is 2.45. The molecule has 1 unspecified atom stereocenters. The van der Waals surface area contributed by atoms with Crippen molar-refractivity contribution in [3.8, 4) is 0 Å². The molecule has 8 heteroatoms. The minimum Gasteiger partial charge on any atom is -0.394 e. The third-order valence-electron chi connectivity index (χ3n) is 2.95. The molecule has 3 N–H and O–H groups in total. The molecule has 2 heterocycles. The molecule has 2 rings (SSSR count). The zero-order valence-electron chi connectivity index (χ0n) is 11.1. The number of aliphatic hydroxyl groups is 2. The van der Waals surface area contributed by atoms with Gasteiger partial charge in [-0.2, -0.15) is 0 Å². The molecule has 2 aromatic heterocycles. The van der Waals surface area contributed by atoms with Crippen molar-refractivity contribution >= 4 is 0 Å². The number of rotatable bonds is 5. The first-order valence-electron chi connectivity index (χ1n) is 6.28. The maximum Gasteiger partial charge on any atom is 0.328 e. The van der Waals surface area contributed by atoms with Gasteiger partial charge in [-0.1, -0.05) is 6.07 Å². The standard InChI is InChI=1S/C13H15N3O5/c17-8-10(18)7-15-4-1-2-9(12(15)20)6-16-5-3-11(19)14-13(16)21/h1-5,10,17-18H,6-8H2,(H,14,19,21). The van der Waals surface area contributed by atoms with E-state index in [0.29, 0.717) is 5.56 Å². The summed E-state index contributed by atoms with van der Waals surface area (Å²) in [5, 5.41) is 18.2.